The molecule has 3 aliphatic rings. The Morgan fingerprint density at radius 2 is 1.53 bits per heavy atom. The molecule has 0 radical (unpaired) electrons. The molecule has 0 atom stereocenters. The van der Waals surface area contributed by atoms with E-state index in [0.29, 0.717) is 51.2 Å². The Kier molecular flexibility index (Phi) is 8.21. The van der Waals surface area contributed by atoms with E-state index in [1.807, 2.05) is 30.3 Å². The van der Waals surface area contributed by atoms with Gasteiger partial charge in [-0.05, 0) is 54.3 Å². The number of thioether (sulfide) groups is 1. The number of carbonyl (C=O) groups excluding carboxylic acids is 2. The second-order valence-electron chi connectivity index (χ2n) is 11.3. The van der Waals surface area contributed by atoms with Gasteiger partial charge in [-0.1, -0.05) is 49.2 Å². The molecule has 3 aromatic carbocycles. The number of aromatic nitrogens is 2. The third-order valence-electron chi connectivity index (χ3n) is 8.16. The standard InChI is InChI=1S/C33H32N4O7S/c38-30(35-23-4-2-1-3-5-23)17-45-33-36-25-14-29-28(43-19-44-29)13-24(25)32(40)37(33)16-20-6-9-22(10-7-20)31(39)34-15-21-8-11-26-27(12-21)42-18-41-26/h6-14,23H,1-5,15-19H2,(H,34,39)(H,35,38). The molecule has 0 bridgehead atoms. The van der Waals surface area contributed by atoms with Crippen LogP contribution < -0.4 is 35.1 Å². The van der Waals surface area contributed by atoms with Crippen LogP contribution in [0.5, 0.6) is 23.0 Å². The van der Waals surface area contributed by atoms with E-state index in [4.69, 9.17) is 23.9 Å². The molecule has 2 aliphatic heterocycles. The van der Waals surface area contributed by atoms with Crippen molar-refractivity contribution >= 4 is 34.5 Å². The molecule has 4 aromatic rings. The smallest absolute Gasteiger partial charge is 0.262 e. The van der Waals surface area contributed by atoms with Gasteiger partial charge in [-0.2, -0.15) is 0 Å². The van der Waals surface area contributed by atoms with E-state index in [9.17, 15) is 14.4 Å². The molecule has 2 N–H and O–H groups in total. The number of nitrogens with zero attached hydrogens (tertiary/aromatic N) is 2. The maximum atomic E-state index is 13.8. The molecule has 0 spiro atoms. The highest BCUT2D eigenvalue weighted by Gasteiger charge is 2.21. The molecule has 12 heteroatoms. The Morgan fingerprint density at radius 3 is 2.31 bits per heavy atom. The summed E-state index contributed by atoms with van der Waals surface area (Å²) < 4.78 is 23.3. The number of hydrogen-bond acceptors (Lipinski definition) is 9. The quantitative estimate of drug-likeness (QED) is 0.205. The number of ether oxygens (including phenoxy) is 4. The molecule has 45 heavy (non-hydrogen) atoms. The number of hydrogen-bond donors (Lipinski definition) is 2. The minimum atomic E-state index is -0.251. The van der Waals surface area contributed by atoms with E-state index >= 15 is 0 Å². The number of carbonyl (C=O) groups is 2. The van der Waals surface area contributed by atoms with Gasteiger partial charge in [0.05, 0.1) is 23.2 Å². The summed E-state index contributed by atoms with van der Waals surface area (Å²) in [6.07, 6.45) is 5.45. The predicted molar refractivity (Wildman–Crippen MR) is 167 cm³/mol. The van der Waals surface area contributed by atoms with Crippen LogP contribution in [-0.2, 0) is 17.9 Å². The van der Waals surface area contributed by atoms with Gasteiger partial charge in [-0.25, -0.2) is 4.98 Å². The van der Waals surface area contributed by atoms with Gasteiger partial charge in [0.2, 0.25) is 19.5 Å². The fraction of sp³-hybridized carbons (Fsp3) is 0.333. The van der Waals surface area contributed by atoms with E-state index in [-0.39, 0.29) is 49.3 Å². The molecule has 232 valence electrons. The lowest BCUT2D eigenvalue weighted by atomic mass is 9.95. The summed E-state index contributed by atoms with van der Waals surface area (Å²) in [4.78, 5) is 44.3. The Hall–Kier alpha value is -4.71. The van der Waals surface area contributed by atoms with Gasteiger partial charge < -0.3 is 29.6 Å². The van der Waals surface area contributed by atoms with Crippen molar-refractivity contribution in [2.24, 2.45) is 0 Å². The van der Waals surface area contributed by atoms with Crippen LogP contribution in [0.3, 0.4) is 0 Å². The first-order chi connectivity index (χ1) is 22.0. The van der Waals surface area contributed by atoms with Gasteiger partial charge in [0, 0.05) is 24.2 Å². The second-order valence-corrected chi connectivity index (χ2v) is 12.2. The molecule has 3 heterocycles. The van der Waals surface area contributed by atoms with Crippen LogP contribution in [0.2, 0.25) is 0 Å². The van der Waals surface area contributed by atoms with Crippen LogP contribution in [0, 0.1) is 0 Å². The summed E-state index contributed by atoms with van der Waals surface area (Å²) in [5, 5.41) is 6.88. The average molecular weight is 629 g/mol. The van der Waals surface area contributed by atoms with Crippen molar-refractivity contribution in [2.45, 2.75) is 56.4 Å². The third-order valence-corrected chi connectivity index (χ3v) is 9.14. The lowest BCUT2D eigenvalue weighted by Gasteiger charge is -2.22. The zero-order valence-electron chi connectivity index (χ0n) is 24.5. The van der Waals surface area contributed by atoms with E-state index < -0.39 is 0 Å². The molecule has 0 unspecified atom stereocenters. The van der Waals surface area contributed by atoms with E-state index in [0.717, 1.165) is 36.8 Å². The van der Waals surface area contributed by atoms with Gasteiger partial charge in [0.25, 0.3) is 11.5 Å². The summed E-state index contributed by atoms with van der Waals surface area (Å²) >= 11 is 1.23. The molecule has 7 rings (SSSR count). The van der Waals surface area contributed by atoms with Crippen molar-refractivity contribution in [1.29, 1.82) is 0 Å². The van der Waals surface area contributed by atoms with Crippen LogP contribution in [0.1, 0.15) is 53.6 Å². The molecular formula is C33H32N4O7S. The molecule has 0 saturated heterocycles. The van der Waals surface area contributed by atoms with Gasteiger partial charge in [0.1, 0.15) is 0 Å². The minimum absolute atomic E-state index is 0.0744. The van der Waals surface area contributed by atoms with Crippen molar-refractivity contribution < 1.29 is 28.5 Å². The van der Waals surface area contributed by atoms with Crippen molar-refractivity contribution in [3.05, 3.63) is 81.6 Å². The van der Waals surface area contributed by atoms with Crippen LogP contribution in [-0.4, -0.2) is 46.7 Å². The van der Waals surface area contributed by atoms with Crippen molar-refractivity contribution in [2.75, 3.05) is 19.3 Å². The summed E-state index contributed by atoms with van der Waals surface area (Å²) in [6, 6.07) is 16.2. The monoisotopic (exact) mass is 628 g/mol. The van der Waals surface area contributed by atoms with Crippen molar-refractivity contribution in [3.63, 3.8) is 0 Å². The summed E-state index contributed by atoms with van der Waals surface area (Å²) in [5.74, 6) is 2.23. The second kappa shape index (κ2) is 12.7. The Morgan fingerprint density at radius 1 is 0.844 bits per heavy atom. The third kappa shape index (κ3) is 6.41. The lowest BCUT2D eigenvalue weighted by Crippen LogP contribution is -2.37. The molecule has 1 aromatic heterocycles. The molecule has 1 aliphatic carbocycles. The first-order valence-electron chi connectivity index (χ1n) is 15.0. The first-order valence-corrected chi connectivity index (χ1v) is 16.0. The van der Waals surface area contributed by atoms with Crippen LogP contribution in [0.25, 0.3) is 10.9 Å². The SMILES string of the molecule is O=C(CSc1nc2cc3c(cc2c(=O)n1Cc1ccc(C(=O)NCc2ccc4c(c2)OCO4)cc1)OCO3)NC1CCCCC1. The number of amides is 2. The van der Waals surface area contributed by atoms with E-state index in [2.05, 4.69) is 10.6 Å². The highest BCUT2D eigenvalue weighted by atomic mass is 32.2. The maximum absolute atomic E-state index is 13.8. The van der Waals surface area contributed by atoms with Gasteiger partial charge in [-0.3, -0.25) is 19.0 Å². The largest absolute Gasteiger partial charge is 0.454 e. The molecular weight excluding hydrogens is 596 g/mol. The van der Waals surface area contributed by atoms with Crippen LogP contribution >= 0.6 is 11.8 Å². The zero-order chi connectivity index (χ0) is 30.8. The van der Waals surface area contributed by atoms with Gasteiger partial charge >= 0.3 is 0 Å². The summed E-state index contributed by atoms with van der Waals surface area (Å²) in [5.41, 5.74) is 2.42. The van der Waals surface area contributed by atoms with Crippen molar-refractivity contribution in [3.8, 4) is 23.0 Å². The number of benzene rings is 3. The maximum Gasteiger partial charge on any atom is 0.262 e. The van der Waals surface area contributed by atoms with Crippen LogP contribution in [0.4, 0.5) is 0 Å². The zero-order valence-corrected chi connectivity index (χ0v) is 25.3. The molecule has 1 fully saturated rings. The number of rotatable bonds is 9. The topological polar surface area (TPSA) is 130 Å². The Labute approximate surface area is 263 Å². The first kappa shape index (κ1) is 29.0. The number of nitrogens with one attached hydrogen (secondary N) is 2. The fourth-order valence-corrected chi connectivity index (χ4v) is 6.58. The fourth-order valence-electron chi connectivity index (χ4n) is 5.77. The van der Waals surface area contributed by atoms with E-state index in [1.165, 1.54) is 18.2 Å². The molecule has 1 saturated carbocycles. The van der Waals surface area contributed by atoms with Gasteiger partial charge in [0.15, 0.2) is 28.2 Å². The van der Waals surface area contributed by atoms with Crippen LogP contribution in [0.15, 0.2) is 64.5 Å². The molecule has 2 amide bonds. The average Bonchev–Trinajstić information content (AvgIpc) is 3.73. The molecule has 11 nitrogen and oxygen atoms in total. The summed E-state index contributed by atoms with van der Waals surface area (Å²) in [6.45, 7) is 0.824. The Balaban J connectivity index is 1.08. The number of fused-ring (bicyclic) bond motifs is 3. The van der Waals surface area contributed by atoms with E-state index in [1.54, 1.807) is 28.8 Å². The summed E-state index contributed by atoms with van der Waals surface area (Å²) in [7, 11) is 0. The minimum Gasteiger partial charge on any atom is -0.454 e. The van der Waals surface area contributed by atoms with Gasteiger partial charge in [-0.15, -0.1) is 0 Å². The van der Waals surface area contributed by atoms with Crippen molar-refractivity contribution in [1.82, 2.24) is 20.2 Å². The lowest BCUT2D eigenvalue weighted by molar-refractivity contribution is -0.119. The Bertz CT molecular complexity index is 1820. The predicted octanol–water partition coefficient (Wildman–Crippen LogP) is 4.37. The normalized spacial score (nSPS) is 15.3. The highest BCUT2D eigenvalue weighted by Crippen LogP contribution is 2.35. The highest BCUT2D eigenvalue weighted by molar-refractivity contribution is 7.99.